The van der Waals surface area contributed by atoms with Crippen LogP contribution in [-0.2, 0) is 24.7 Å². The molecule has 0 amide bonds. The fraction of sp³-hybridized carbons (Fsp3) is 0.0938. The number of hydrogen-bond donors (Lipinski definition) is 0. The lowest BCUT2D eigenvalue weighted by atomic mass is 9.88. The zero-order valence-corrected chi connectivity index (χ0v) is 41.4. The van der Waals surface area contributed by atoms with E-state index in [1.165, 1.54) is 103 Å². The molecule has 394 valence electrons. The summed E-state index contributed by atoms with van der Waals surface area (Å²) < 4.78 is 182. The predicted molar refractivity (Wildman–Crippen MR) is 284 cm³/mol. The number of fused-ring (bicyclic) bond motifs is 3. The minimum absolute atomic E-state index is 0.0721. The van der Waals surface area contributed by atoms with Crippen LogP contribution < -0.4 is 0 Å². The first kappa shape index (κ1) is 52.1. The van der Waals surface area contributed by atoms with Crippen LogP contribution in [0.4, 0.5) is 52.7 Å². The minimum atomic E-state index is -5.03. The summed E-state index contributed by atoms with van der Waals surface area (Å²) in [5.74, 6) is 0.204. The van der Waals surface area contributed by atoms with Crippen molar-refractivity contribution in [2.45, 2.75) is 38.6 Å². The van der Waals surface area contributed by atoms with Crippen molar-refractivity contribution in [2.75, 3.05) is 0 Å². The Bertz CT molecular complexity index is 4020. The lowest BCUT2D eigenvalue weighted by Gasteiger charge is -2.24. The molecular formula is C64H39F12N3. The topological polar surface area (TPSA) is 30.7 Å². The van der Waals surface area contributed by atoms with Gasteiger partial charge in [0.05, 0.1) is 50.4 Å². The number of rotatable bonds is 8. The molecule has 0 unspecified atom stereocenters. The van der Waals surface area contributed by atoms with Crippen molar-refractivity contribution in [1.82, 2.24) is 14.5 Å². The first-order chi connectivity index (χ1) is 37.5. The van der Waals surface area contributed by atoms with Gasteiger partial charge in [-0.15, -0.1) is 0 Å². The van der Waals surface area contributed by atoms with Crippen molar-refractivity contribution in [3.63, 3.8) is 0 Å². The van der Waals surface area contributed by atoms with Crippen LogP contribution in [0.1, 0.15) is 33.4 Å². The molecule has 11 aromatic rings. The van der Waals surface area contributed by atoms with Crippen LogP contribution in [0.5, 0.6) is 0 Å². The normalized spacial score (nSPS) is 12.4. The summed E-state index contributed by atoms with van der Waals surface area (Å²) in [6, 6.07) is 47.5. The Balaban J connectivity index is 1.31. The summed E-state index contributed by atoms with van der Waals surface area (Å²) in [6.45, 7) is 2.98. The second kappa shape index (κ2) is 19.5. The van der Waals surface area contributed by atoms with Crippen LogP contribution in [0.2, 0.25) is 0 Å². The molecule has 0 saturated carbocycles. The van der Waals surface area contributed by atoms with Gasteiger partial charge in [0.2, 0.25) is 0 Å². The predicted octanol–water partition coefficient (Wildman–Crippen LogP) is 19.9. The SMILES string of the molecule is Cc1ccc(-c2ccc3c(c2)c2cc(-c4ccc(C(F)(F)F)cc4C)ccc2n3-c2c(-c3ccccc3C(F)(F)F)cc(-c3cc(-c4ccccc4)nc(-c4ccccc4)n3)cc2-c2ccccc2C(F)(F)F)c(C(F)(F)F)c1. The molecule has 0 N–H and O–H groups in total. The molecule has 2 aromatic heterocycles. The summed E-state index contributed by atoms with van der Waals surface area (Å²) >= 11 is 0. The van der Waals surface area contributed by atoms with E-state index in [4.69, 9.17) is 9.97 Å². The highest BCUT2D eigenvalue weighted by atomic mass is 19.4. The van der Waals surface area contributed by atoms with Gasteiger partial charge in [-0.3, -0.25) is 0 Å². The Morgan fingerprint density at radius 3 is 1.30 bits per heavy atom. The fourth-order valence-electron chi connectivity index (χ4n) is 10.3. The van der Waals surface area contributed by atoms with Gasteiger partial charge in [-0.05, 0) is 126 Å². The molecule has 0 fully saturated rings. The van der Waals surface area contributed by atoms with Gasteiger partial charge < -0.3 is 4.57 Å². The third-order valence-electron chi connectivity index (χ3n) is 13.9. The third-order valence-corrected chi connectivity index (χ3v) is 13.9. The lowest BCUT2D eigenvalue weighted by molar-refractivity contribution is -0.138. The maximum atomic E-state index is 15.6. The molecule has 9 aromatic carbocycles. The van der Waals surface area contributed by atoms with E-state index in [1.54, 1.807) is 84.9 Å². The van der Waals surface area contributed by atoms with E-state index in [2.05, 4.69) is 0 Å². The fourth-order valence-corrected chi connectivity index (χ4v) is 10.3. The molecule has 15 heteroatoms. The Kier molecular flexibility index (Phi) is 12.8. The lowest BCUT2D eigenvalue weighted by Crippen LogP contribution is -2.11. The van der Waals surface area contributed by atoms with Crippen LogP contribution in [-0.4, -0.2) is 14.5 Å². The number of halogens is 12. The van der Waals surface area contributed by atoms with Crippen molar-refractivity contribution >= 4 is 21.8 Å². The van der Waals surface area contributed by atoms with Crippen LogP contribution in [0.15, 0.2) is 200 Å². The van der Waals surface area contributed by atoms with Crippen molar-refractivity contribution in [3.8, 4) is 84.1 Å². The van der Waals surface area contributed by atoms with Crippen molar-refractivity contribution in [3.05, 3.63) is 234 Å². The minimum Gasteiger partial charge on any atom is -0.308 e. The largest absolute Gasteiger partial charge is 0.417 e. The standard InChI is InChI=1S/C64H39F12N3/c1-36-21-25-45(54(29-36)64(74,75)76)41-23-28-58-49(32-41)48-31-40(44-26-24-43(30-37(44)2)61(65,66)67)22-27-57(48)79(58)59-50(46-17-9-11-19-52(46)62(68,69)70)33-42(34-51(59)47-18-10-12-20-53(47)63(71,72)73)56-35-55(38-13-5-3-6-14-38)77-60(78-56)39-15-7-4-8-16-39/h3-35H,1-2H3. The van der Waals surface area contributed by atoms with Crippen molar-refractivity contribution in [2.24, 2.45) is 0 Å². The quantitative estimate of drug-likeness (QED) is 0.142. The molecule has 2 heterocycles. The van der Waals surface area contributed by atoms with Gasteiger partial charge >= 0.3 is 24.7 Å². The van der Waals surface area contributed by atoms with Crippen molar-refractivity contribution < 1.29 is 52.7 Å². The number of aromatic nitrogens is 3. The Labute approximate surface area is 443 Å². The van der Waals surface area contributed by atoms with Crippen molar-refractivity contribution in [1.29, 1.82) is 0 Å². The molecule has 0 radical (unpaired) electrons. The summed E-state index contributed by atoms with van der Waals surface area (Å²) in [7, 11) is 0. The average molecular weight is 1080 g/mol. The number of hydrogen-bond acceptors (Lipinski definition) is 2. The first-order valence-electron chi connectivity index (χ1n) is 24.5. The van der Waals surface area contributed by atoms with E-state index in [0.29, 0.717) is 33.5 Å². The number of aryl methyl sites for hydroxylation is 2. The van der Waals surface area contributed by atoms with Gasteiger partial charge in [0.1, 0.15) is 0 Å². The highest BCUT2D eigenvalue weighted by molar-refractivity contribution is 6.13. The van der Waals surface area contributed by atoms with Gasteiger partial charge in [0.25, 0.3) is 0 Å². The van der Waals surface area contributed by atoms with Gasteiger partial charge in [-0.1, -0.05) is 133 Å². The maximum Gasteiger partial charge on any atom is 0.417 e. The zero-order chi connectivity index (χ0) is 55.8. The molecule has 0 aliphatic carbocycles. The molecule has 11 rings (SSSR count). The van der Waals surface area contributed by atoms with Crippen LogP contribution in [0, 0.1) is 13.8 Å². The highest BCUT2D eigenvalue weighted by Crippen LogP contribution is 2.50. The monoisotopic (exact) mass is 1080 g/mol. The first-order valence-corrected chi connectivity index (χ1v) is 24.5. The van der Waals surface area contributed by atoms with Gasteiger partial charge in [-0.25, -0.2) is 9.97 Å². The zero-order valence-electron chi connectivity index (χ0n) is 41.4. The number of benzene rings is 9. The molecule has 79 heavy (non-hydrogen) atoms. The summed E-state index contributed by atoms with van der Waals surface area (Å²) in [4.78, 5) is 9.79. The summed E-state index contributed by atoms with van der Waals surface area (Å²) in [5.41, 5.74) is -2.32. The molecular weight excluding hydrogens is 1040 g/mol. The molecule has 0 atom stereocenters. The van der Waals surface area contributed by atoms with Gasteiger partial charge in [0, 0.05) is 38.6 Å². The molecule has 0 bridgehead atoms. The van der Waals surface area contributed by atoms with Gasteiger partial charge in [-0.2, -0.15) is 52.7 Å². The highest BCUT2D eigenvalue weighted by Gasteiger charge is 2.39. The van der Waals surface area contributed by atoms with E-state index in [1.807, 2.05) is 0 Å². The molecule has 0 spiro atoms. The second-order valence-corrected chi connectivity index (χ2v) is 19.1. The number of alkyl halides is 12. The smallest absolute Gasteiger partial charge is 0.308 e. The van der Waals surface area contributed by atoms with E-state index in [-0.39, 0.29) is 72.4 Å². The van der Waals surface area contributed by atoms with E-state index < -0.39 is 58.1 Å². The summed E-state index contributed by atoms with van der Waals surface area (Å²) in [5, 5.41) is 0.483. The van der Waals surface area contributed by atoms with E-state index in [9.17, 15) is 26.3 Å². The van der Waals surface area contributed by atoms with Crippen LogP contribution in [0.3, 0.4) is 0 Å². The second-order valence-electron chi connectivity index (χ2n) is 19.1. The van der Waals surface area contributed by atoms with Gasteiger partial charge in [0.15, 0.2) is 5.82 Å². The Morgan fingerprint density at radius 1 is 0.329 bits per heavy atom. The Morgan fingerprint density at radius 2 is 0.797 bits per heavy atom. The third kappa shape index (κ3) is 9.89. The average Bonchev–Trinajstić information content (AvgIpc) is 3.69. The molecule has 0 aliphatic rings. The Hall–Kier alpha value is -8.98. The molecule has 0 aliphatic heterocycles. The number of nitrogens with zero attached hydrogens (tertiary/aromatic N) is 3. The molecule has 0 saturated heterocycles. The molecule has 3 nitrogen and oxygen atoms in total. The maximum absolute atomic E-state index is 15.6. The van der Waals surface area contributed by atoms with E-state index in [0.717, 1.165) is 30.3 Å². The van der Waals surface area contributed by atoms with E-state index >= 15 is 26.3 Å². The summed E-state index contributed by atoms with van der Waals surface area (Å²) in [6.07, 6.45) is -19.6. The van der Waals surface area contributed by atoms with Crippen LogP contribution in [0.25, 0.3) is 106 Å². The van der Waals surface area contributed by atoms with Crippen LogP contribution >= 0.6 is 0 Å².